The van der Waals surface area contributed by atoms with Crippen molar-refractivity contribution in [1.82, 2.24) is 14.7 Å². The summed E-state index contributed by atoms with van der Waals surface area (Å²) in [6.07, 6.45) is 0. The number of thiophene rings is 1. The Bertz CT molecular complexity index is 722. The number of rotatable bonds is 3. The molecule has 0 N–H and O–H groups in total. The fourth-order valence-electron chi connectivity index (χ4n) is 3.04. The van der Waals surface area contributed by atoms with Crippen molar-refractivity contribution in [3.8, 4) is 5.75 Å². The van der Waals surface area contributed by atoms with Crippen molar-refractivity contribution in [1.29, 1.82) is 0 Å². The molecule has 1 fully saturated rings. The van der Waals surface area contributed by atoms with Crippen LogP contribution in [0.5, 0.6) is 5.75 Å². The highest BCUT2D eigenvalue weighted by atomic mass is 32.1. The van der Waals surface area contributed by atoms with E-state index in [1.54, 1.807) is 13.2 Å². The molecule has 2 aromatic rings. The van der Waals surface area contributed by atoms with Gasteiger partial charge in [0.1, 0.15) is 5.75 Å². The van der Waals surface area contributed by atoms with E-state index in [2.05, 4.69) is 5.10 Å². The zero-order chi connectivity index (χ0) is 16.6. The molecular weight excluding hydrogens is 314 g/mol. The molecule has 124 valence electrons. The first-order valence-corrected chi connectivity index (χ1v) is 8.42. The van der Waals surface area contributed by atoms with Crippen LogP contribution in [0.4, 0.5) is 0 Å². The second-order valence-corrected chi connectivity index (χ2v) is 6.56. The van der Waals surface area contributed by atoms with E-state index in [1.165, 1.54) is 11.3 Å². The Morgan fingerprint density at radius 2 is 2.26 bits per heavy atom. The van der Waals surface area contributed by atoms with Gasteiger partial charge < -0.3 is 14.4 Å². The SMILES string of the molecule is COc1csc(C(=O)N2CCOC[C@@H]2c2c(C)nn(C)c2C)c1. The summed E-state index contributed by atoms with van der Waals surface area (Å²) in [6, 6.07) is 1.70. The Kier molecular flexibility index (Phi) is 4.41. The van der Waals surface area contributed by atoms with Gasteiger partial charge >= 0.3 is 0 Å². The van der Waals surface area contributed by atoms with Gasteiger partial charge in [0.05, 0.1) is 36.9 Å². The van der Waals surface area contributed by atoms with Gasteiger partial charge in [-0.15, -0.1) is 11.3 Å². The minimum atomic E-state index is -0.0990. The summed E-state index contributed by atoms with van der Waals surface area (Å²) in [5.74, 6) is 0.742. The summed E-state index contributed by atoms with van der Waals surface area (Å²) in [7, 11) is 3.53. The van der Waals surface area contributed by atoms with E-state index in [4.69, 9.17) is 9.47 Å². The van der Waals surface area contributed by atoms with Crippen molar-refractivity contribution in [3.63, 3.8) is 0 Å². The van der Waals surface area contributed by atoms with Crippen molar-refractivity contribution in [2.45, 2.75) is 19.9 Å². The zero-order valence-corrected chi connectivity index (χ0v) is 14.6. The largest absolute Gasteiger partial charge is 0.496 e. The van der Waals surface area contributed by atoms with Crippen LogP contribution in [0.3, 0.4) is 0 Å². The third kappa shape index (κ3) is 2.86. The minimum absolute atomic E-state index is 0.0225. The van der Waals surface area contributed by atoms with Gasteiger partial charge in [-0.25, -0.2) is 0 Å². The van der Waals surface area contributed by atoms with Crippen molar-refractivity contribution >= 4 is 17.2 Å². The van der Waals surface area contributed by atoms with Gasteiger partial charge in [-0.2, -0.15) is 5.10 Å². The third-order valence-electron chi connectivity index (χ3n) is 4.31. The number of morpholine rings is 1. The molecule has 0 saturated carbocycles. The van der Waals surface area contributed by atoms with Gasteiger partial charge in [0.15, 0.2) is 0 Å². The number of aromatic nitrogens is 2. The normalized spacial score (nSPS) is 18.3. The molecule has 0 aromatic carbocycles. The monoisotopic (exact) mass is 335 g/mol. The van der Waals surface area contributed by atoms with Gasteiger partial charge in [-0.1, -0.05) is 0 Å². The molecule has 1 amide bonds. The van der Waals surface area contributed by atoms with Crippen LogP contribution in [0.2, 0.25) is 0 Å². The predicted molar refractivity (Wildman–Crippen MR) is 88.1 cm³/mol. The van der Waals surface area contributed by atoms with Crippen LogP contribution in [0.15, 0.2) is 11.4 Å². The number of carbonyl (C=O) groups is 1. The van der Waals surface area contributed by atoms with E-state index in [-0.39, 0.29) is 11.9 Å². The zero-order valence-electron chi connectivity index (χ0n) is 13.8. The number of methoxy groups -OCH3 is 1. The van der Waals surface area contributed by atoms with E-state index in [0.717, 1.165) is 22.7 Å². The third-order valence-corrected chi connectivity index (χ3v) is 5.21. The van der Waals surface area contributed by atoms with Crippen molar-refractivity contribution < 1.29 is 14.3 Å². The molecule has 0 spiro atoms. The Morgan fingerprint density at radius 3 is 2.87 bits per heavy atom. The first-order valence-electron chi connectivity index (χ1n) is 7.54. The molecule has 7 heteroatoms. The minimum Gasteiger partial charge on any atom is -0.496 e. The maximum absolute atomic E-state index is 12.9. The summed E-state index contributed by atoms with van der Waals surface area (Å²) in [5, 5.41) is 6.33. The number of hydrogen-bond acceptors (Lipinski definition) is 5. The fourth-order valence-corrected chi connectivity index (χ4v) is 3.85. The average Bonchev–Trinajstić information content (AvgIpc) is 3.12. The number of nitrogens with zero attached hydrogens (tertiary/aromatic N) is 3. The lowest BCUT2D eigenvalue weighted by molar-refractivity contribution is -0.00279. The first-order chi connectivity index (χ1) is 11.0. The molecule has 23 heavy (non-hydrogen) atoms. The molecule has 0 bridgehead atoms. The first kappa shape index (κ1) is 16.0. The van der Waals surface area contributed by atoms with E-state index < -0.39 is 0 Å². The maximum atomic E-state index is 12.9. The van der Waals surface area contributed by atoms with Crippen LogP contribution in [-0.4, -0.2) is 47.5 Å². The summed E-state index contributed by atoms with van der Waals surface area (Å²) in [6.45, 7) is 5.65. The van der Waals surface area contributed by atoms with Crippen molar-refractivity contribution in [2.75, 3.05) is 26.9 Å². The lowest BCUT2D eigenvalue weighted by Gasteiger charge is -2.35. The summed E-state index contributed by atoms with van der Waals surface area (Å²) in [5.41, 5.74) is 3.10. The molecule has 6 nitrogen and oxygen atoms in total. The molecular formula is C16H21N3O3S. The lowest BCUT2D eigenvalue weighted by atomic mass is 10.0. The molecule has 2 aromatic heterocycles. The summed E-state index contributed by atoms with van der Waals surface area (Å²) < 4.78 is 12.7. The van der Waals surface area contributed by atoms with Crippen LogP contribution in [0, 0.1) is 13.8 Å². The number of hydrogen-bond donors (Lipinski definition) is 0. The van der Waals surface area contributed by atoms with Crippen LogP contribution in [-0.2, 0) is 11.8 Å². The Balaban J connectivity index is 1.94. The van der Waals surface area contributed by atoms with Crippen LogP contribution in [0.1, 0.15) is 32.7 Å². The molecule has 1 saturated heterocycles. The van der Waals surface area contributed by atoms with E-state index in [1.807, 2.05) is 35.9 Å². The predicted octanol–water partition coefficient (Wildman–Crippen LogP) is 2.32. The molecule has 0 radical (unpaired) electrons. The molecule has 1 aliphatic heterocycles. The molecule has 3 heterocycles. The Morgan fingerprint density at radius 1 is 1.48 bits per heavy atom. The summed E-state index contributed by atoms with van der Waals surface area (Å²) in [4.78, 5) is 15.5. The van der Waals surface area contributed by atoms with E-state index in [0.29, 0.717) is 24.6 Å². The quantitative estimate of drug-likeness (QED) is 0.864. The standard InChI is InChI=1S/C16H21N3O3S/c1-10-15(11(2)18(3)17-10)13-8-22-6-5-19(13)16(20)14-7-12(21-4)9-23-14/h7,9,13H,5-6,8H2,1-4H3/t13-/m1/s1. The second kappa shape index (κ2) is 6.33. The van der Waals surface area contributed by atoms with Crippen LogP contribution in [0.25, 0.3) is 0 Å². The maximum Gasteiger partial charge on any atom is 0.264 e. The number of aryl methyl sites for hydroxylation is 2. The average molecular weight is 335 g/mol. The fraction of sp³-hybridized carbons (Fsp3) is 0.500. The van der Waals surface area contributed by atoms with E-state index >= 15 is 0 Å². The highest BCUT2D eigenvalue weighted by Crippen LogP contribution is 2.32. The smallest absolute Gasteiger partial charge is 0.264 e. The number of carbonyl (C=O) groups excluding carboxylic acids is 1. The van der Waals surface area contributed by atoms with Gasteiger partial charge in [0.25, 0.3) is 5.91 Å². The van der Waals surface area contributed by atoms with Crippen molar-refractivity contribution in [2.24, 2.45) is 7.05 Å². The van der Waals surface area contributed by atoms with Gasteiger partial charge in [0.2, 0.25) is 0 Å². The molecule has 0 aliphatic carbocycles. The molecule has 1 aliphatic rings. The molecule has 0 unspecified atom stereocenters. The second-order valence-electron chi connectivity index (χ2n) is 5.65. The topological polar surface area (TPSA) is 56.6 Å². The van der Waals surface area contributed by atoms with Crippen LogP contribution < -0.4 is 4.74 Å². The number of amides is 1. The van der Waals surface area contributed by atoms with Gasteiger partial charge in [-0.05, 0) is 13.8 Å². The Labute approximate surface area is 139 Å². The lowest BCUT2D eigenvalue weighted by Crippen LogP contribution is -2.43. The highest BCUT2D eigenvalue weighted by molar-refractivity contribution is 7.12. The summed E-state index contributed by atoms with van der Waals surface area (Å²) >= 11 is 1.41. The van der Waals surface area contributed by atoms with Crippen molar-refractivity contribution in [3.05, 3.63) is 33.3 Å². The molecule has 3 rings (SSSR count). The number of ether oxygens (including phenoxy) is 2. The Hall–Kier alpha value is -1.86. The molecule has 1 atom stereocenters. The highest BCUT2D eigenvalue weighted by Gasteiger charge is 2.33. The van der Waals surface area contributed by atoms with E-state index in [9.17, 15) is 4.79 Å². The van der Waals surface area contributed by atoms with Gasteiger partial charge in [0, 0.05) is 36.3 Å². The van der Waals surface area contributed by atoms with Gasteiger partial charge in [-0.3, -0.25) is 9.48 Å². The van der Waals surface area contributed by atoms with Crippen LogP contribution >= 0.6 is 11.3 Å².